The fraction of sp³-hybridized carbons (Fsp3) is 0.600. The smallest absolute Gasteiger partial charge is 0.162 e. The van der Waals surface area contributed by atoms with Crippen LogP contribution in [0.5, 0.6) is 0 Å². The molecule has 21 heavy (non-hydrogen) atoms. The van der Waals surface area contributed by atoms with E-state index in [2.05, 4.69) is 5.32 Å². The zero-order valence-electron chi connectivity index (χ0n) is 12.1. The molecule has 1 saturated heterocycles. The SMILES string of the molecule is CCNC(Cc1cccc(F)c1F)C1CCCCS1(=O)=O. The molecule has 2 unspecified atom stereocenters. The van der Waals surface area contributed by atoms with Gasteiger partial charge in [0.25, 0.3) is 0 Å². The van der Waals surface area contributed by atoms with Crippen molar-refractivity contribution >= 4 is 9.84 Å². The Kier molecular flexibility index (Phi) is 5.32. The van der Waals surface area contributed by atoms with Crippen molar-refractivity contribution in [1.29, 1.82) is 0 Å². The van der Waals surface area contributed by atoms with Crippen LogP contribution < -0.4 is 5.32 Å². The second-order valence-corrected chi connectivity index (χ2v) is 7.82. The molecule has 2 atom stereocenters. The highest BCUT2D eigenvalue weighted by Crippen LogP contribution is 2.25. The summed E-state index contributed by atoms with van der Waals surface area (Å²) in [6, 6.07) is 3.65. The average molecular weight is 317 g/mol. The molecule has 3 nitrogen and oxygen atoms in total. The van der Waals surface area contributed by atoms with E-state index in [4.69, 9.17) is 0 Å². The van der Waals surface area contributed by atoms with E-state index in [1.165, 1.54) is 12.1 Å². The van der Waals surface area contributed by atoms with E-state index in [9.17, 15) is 17.2 Å². The van der Waals surface area contributed by atoms with Crippen LogP contribution in [0.3, 0.4) is 0 Å². The van der Waals surface area contributed by atoms with Gasteiger partial charge in [-0.1, -0.05) is 25.5 Å². The molecule has 0 aliphatic carbocycles. The van der Waals surface area contributed by atoms with E-state index in [1.807, 2.05) is 6.92 Å². The van der Waals surface area contributed by atoms with Crippen LogP contribution in [-0.2, 0) is 16.3 Å². The lowest BCUT2D eigenvalue weighted by Gasteiger charge is -2.30. The Morgan fingerprint density at radius 2 is 2.10 bits per heavy atom. The molecule has 1 N–H and O–H groups in total. The Balaban J connectivity index is 2.25. The quantitative estimate of drug-likeness (QED) is 0.907. The number of nitrogens with one attached hydrogen (secondary N) is 1. The second-order valence-electron chi connectivity index (χ2n) is 5.48. The lowest BCUT2D eigenvalue weighted by atomic mass is 9.99. The molecule has 118 valence electrons. The minimum atomic E-state index is -3.17. The largest absolute Gasteiger partial charge is 0.313 e. The number of rotatable bonds is 5. The molecule has 1 aliphatic heterocycles. The Morgan fingerprint density at radius 3 is 2.76 bits per heavy atom. The highest BCUT2D eigenvalue weighted by molar-refractivity contribution is 7.92. The van der Waals surface area contributed by atoms with Crippen LogP contribution in [-0.4, -0.2) is 32.0 Å². The van der Waals surface area contributed by atoms with Crippen LogP contribution >= 0.6 is 0 Å². The van der Waals surface area contributed by atoms with Gasteiger partial charge in [-0.25, -0.2) is 17.2 Å². The Bertz CT molecular complexity index is 589. The highest BCUT2D eigenvalue weighted by Gasteiger charge is 2.35. The average Bonchev–Trinajstić information content (AvgIpc) is 2.43. The minimum absolute atomic E-state index is 0.182. The first-order chi connectivity index (χ1) is 9.95. The third kappa shape index (κ3) is 3.80. The van der Waals surface area contributed by atoms with Crippen molar-refractivity contribution < 1.29 is 17.2 Å². The first-order valence-electron chi connectivity index (χ1n) is 7.33. The summed E-state index contributed by atoms with van der Waals surface area (Å²) in [6.45, 7) is 2.47. The number of halogens is 2. The molecule has 1 aromatic rings. The van der Waals surface area contributed by atoms with Crippen LogP contribution in [0, 0.1) is 11.6 Å². The summed E-state index contributed by atoms with van der Waals surface area (Å²) in [5.74, 6) is -1.59. The van der Waals surface area contributed by atoms with Crippen LogP contribution in [0.25, 0.3) is 0 Å². The van der Waals surface area contributed by atoms with Crippen molar-refractivity contribution in [2.24, 2.45) is 0 Å². The summed E-state index contributed by atoms with van der Waals surface area (Å²) in [5, 5.41) is 2.62. The summed E-state index contributed by atoms with van der Waals surface area (Å²) < 4.78 is 51.6. The van der Waals surface area contributed by atoms with E-state index in [0.29, 0.717) is 19.4 Å². The normalized spacial score (nSPS) is 22.9. The first kappa shape index (κ1) is 16.4. The predicted molar refractivity (Wildman–Crippen MR) is 79.0 cm³/mol. The van der Waals surface area contributed by atoms with Crippen molar-refractivity contribution in [2.75, 3.05) is 12.3 Å². The molecule has 0 radical (unpaired) electrons. The van der Waals surface area contributed by atoms with Crippen molar-refractivity contribution in [1.82, 2.24) is 5.32 Å². The summed E-state index contributed by atoms with van der Waals surface area (Å²) in [6.07, 6.45) is 2.31. The van der Waals surface area contributed by atoms with E-state index in [1.54, 1.807) is 0 Å². The van der Waals surface area contributed by atoms with Gasteiger partial charge in [0, 0.05) is 6.04 Å². The maximum atomic E-state index is 13.8. The monoisotopic (exact) mass is 317 g/mol. The van der Waals surface area contributed by atoms with E-state index in [0.717, 1.165) is 12.5 Å². The maximum absolute atomic E-state index is 13.8. The van der Waals surface area contributed by atoms with Crippen LogP contribution in [0.15, 0.2) is 18.2 Å². The van der Waals surface area contributed by atoms with Gasteiger partial charge in [-0.15, -0.1) is 0 Å². The van der Waals surface area contributed by atoms with Crippen LogP contribution in [0.1, 0.15) is 31.7 Å². The van der Waals surface area contributed by atoms with Gasteiger partial charge in [0.05, 0.1) is 11.0 Å². The standard InChI is InChI=1S/C15H21F2NO2S/c1-2-18-13(14-8-3-4-9-21(14,19)20)10-11-6-5-7-12(16)15(11)17/h5-7,13-14,18H,2-4,8-10H2,1H3. The molecule has 0 saturated carbocycles. The zero-order chi connectivity index (χ0) is 15.5. The van der Waals surface area contributed by atoms with E-state index in [-0.39, 0.29) is 23.8 Å². The first-order valence-corrected chi connectivity index (χ1v) is 9.05. The second kappa shape index (κ2) is 6.83. The summed E-state index contributed by atoms with van der Waals surface area (Å²) in [5.41, 5.74) is 0.224. The topological polar surface area (TPSA) is 46.2 Å². The van der Waals surface area contributed by atoms with Gasteiger partial charge in [-0.2, -0.15) is 0 Å². The number of sulfone groups is 1. The third-order valence-corrected chi connectivity index (χ3v) is 6.36. The Labute approximate surface area is 124 Å². The van der Waals surface area contributed by atoms with Gasteiger partial charge in [0.15, 0.2) is 21.5 Å². The zero-order valence-corrected chi connectivity index (χ0v) is 12.9. The molecule has 0 bridgehead atoms. The molecule has 0 aromatic heterocycles. The molecule has 0 spiro atoms. The summed E-state index contributed by atoms with van der Waals surface area (Å²) >= 11 is 0. The van der Waals surface area contributed by atoms with Gasteiger partial charge in [0.1, 0.15) is 0 Å². The lowest BCUT2D eigenvalue weighted by molar-refractivity contribution is 0.429. The highest BCUT2D eigenvalue weighted by atomic mass is 32.2. The molecular weight excluding hydrogens is 296 g/mol. The van der Waals surface area contributed by atoms with E-state index >= 15 is 0 Å². The molecule has 1 fully saturated rings. The molecule has 6 heteroatoms. The maximum Gasteiger partial charge on any atom is 0.162 e. The fourth-order valence-corrected chi connectivity index (χ4v) is 5.10. The number of hydrogen-bond acceptors (Lipinski definition) is 3. The van der Waals surface area contributed by atoms with Gasteiger partial charge in [-0.05, 0) is 37.4 Å². The molecule has 1 heterocycles. The van der Waals surface area contributed by atoms with Gasteiger partial charge < -0.3 is 5.32 Å². The van der Waals surface area contributed by atoms with Crippen LogP contribution in [0.4, 0.5) is 8.78 Å². The summed E-state index contributed by atoms with van der Waals surface area (Å²) in [4.78, 5) is 0. The summed E-state index contributed by atoms with van der Waals surface area (Å²) in [7, 11) is -3.17. The Hall–Kier alpha value is -1.01. The molecule has 0 amide bonds. The van der Waals surface area contributed by atoms with Crippen LogP contribution in [0.2, 0.25) is 0 Å². The minimum Gasteiger partial charge on any atom is -0.313 e. The molecule has 1 aliphatic rings. The Morgan fingerprint density at radius 1 is 1.33 bits per heavy atom. The third-order valence-electron chi connectivity index (χ3n) is 4.02. The van der Waals surface area contributed by atoms with Crippen molar-refractivity contribution in [3.8, 4) is 0 Å². The fourth-order valence-electron chi connectivity index (χ4n) is 2.97. The van der Waals surface area contributed by atoms with Gasteiger partial charge >= 0.3 is 0 Å². The van der Waals surface area contributed by atoms with Crippen molar-refractivity contribution in [3.05, 3.63) is 35.4 Å². The molecule has 2 rings (SSSR count). The molecule has 1 aromatic carbocycles. The number of likely N-dealkylation sites (N-methyl/N-ethyl adjacent to an activating group) is 1. The molecular formula is C15H21F2NO2S. The van der Waals surface area contributed by atoms with Gasteiger partial charge in [-0.3, -0.25) is 0 Å². The van der Waals surface area contributed by atoms with Gasteiger partial charge in [0.2, 0.25) is 0 Å². The number of benzene rings is 1. The van der Waals surface area contributed by atoms with Crippen molar-refractivity contribution in [2.45, 2.75) is 43.9 Å². The predicted octanol–water partition coefficient (Wildman–Crippen LogP) is 2.45. The lowest BCUT2D eigenvalue weighted by Crippen LogP contribution is -2.48. The van der Waals surface area contributed by atoms with E-state index < -0.39 is 26.7 Å². The van der Waals surface area contributed by atoms with Crippen molar-refractivity contribution in [3.63, 3.8) is 0 Å². The number of hydrogen-bond donors (Lipinski definition) is 1.